The second-order valence-corrected chi connectivity index (χ2v) is 5.78. The minimum absolute atomic E-state index is 0.0536. The van der Waals surface area contributed by atoms with Crippen molar-refractivity contribution in [3.8, 4) is 0 Å². The lowest BCUT2D eigenvalue weighted by Gasteiger charge is -2.22. The zero-order chi connectivity index (χ0) is 12.2. The molecular formula is C12H18N2OS. The summed E-state index contributed by atoms with van der Waals surface area (Å²) in [4.78, 5) is 11.8. The first-order chi connectivity index (χ1) is 7.44. The van der Waals surface area contributed by atoms with Crippen LogP contribution in [0.15, 0.2) is 24.3 Å². The Morgan fingerprint density at radius 3 is 2.44 bits per heavy atom. The monoisotopic (exact) mass is 238 g/mol. The van der Waals surface area contributed by atoms with Crippen molar-refractivity contribution in [3.05, 3.63) is 29.8 Å². The molecule has 0 atom stereocenters. The van der Waals surface area contributed by atoms with E-state index in [1.807, 2.05) is 6.26 Å². The van der Waals surface area contributed by atoms with Crippen LogP contribution in [-0.2, 0) is 0 Å². The molecule has 0 spiro atoms. The van der Waals surface area contributed by atoms with Crippen molar-refractivity contribution in [3.63, 3.8) is 0 Å². The first-order valence-electron chi connectivity index (χ1n) is 5.13. The van der Waals surface area contributed by atoms with E-state index in [9.17, 15) is 4.79 Å². The van der Waals surface area contributed by atoms with Crippen LogP contribution in [0.3, 0.4) is 0 Å². The van der Waals surface area contributed by atoms with Crippen LogP contribution in [0.5, 0.6) is 0 Å². The zero-order valence-corrected chi connectivity index (χ0v) is 10.7. The molecule has 0 aliphatic rings. The van der Waals surface area contributed by atoms with Crippen LogP contribution in [0.25, 0.3) is 0 Å². The third-order valence-electron chi connectivity index (χ3n) is 2.40. The molecule has 0 bridgehead atoms. The highest BCUT2D eigenvalue weighted by atomic mass is 32.2. The van der Waals surface area contributed by atoms with E-state index >= 15 is 0 Å². The van der Waals surface area contributed by atoms with Crippen molar-refractivity contribution in [1.29, 1.82) is 0 Å². The molecule has 0 saturated carbocycles. The third kappa shape index (κ3) is 3.77. The van der Waals surface area contributed by atoms with Gasteiger partial charge in [-0.25, -0.2) is 0 Å². The van der Waals surface area contributed by atoms with Gasteiger partial charge in [-0.1, -0.05) is 0 Å². The van der Waals surface area contributed by atoms with Gasteiger partial charge in [0.05, 0.1) is 0 Å². The Labute approximate surface area is 101 Å². The minimum Gasteiger partial charge on any atom is -0.399 e. The molecule has 1 amide bonds. The largest absolute Gasteiger partial charge is 0.399 e. The number of nitrogens with one attached hydrogen (secondary N) is 1. The molecule has 0 unspecified atom stereocenters. The normalized spacial score (nSPS) is 11.2. The van der Waals surface area contributed by atoms with E-state index in [0.29, 0.717) is 17.8 Å². The topological polar surface area (TPSA) is 55.1 Å². The number of amides is 1. The van der Waals surface area contributed by atoms with E-state index < -0.39 is 0 Å². The second-order valence-electron chi connectivity index (χ2n) is 4.27. The molecule has 0 saturated heterocycles. The maximum absolute atomic E-state index is 11.8. The number of rotatable bonds is 4. The fourth-order valence-corrected chi connectivity index (χ4v) is 1.32. The predicted octanol–water partition coefficient (Wildman–Crippen LogP) is 2.14. The SMILES string of the molecule is CSC(C)(C)CNC(=O)c1ccc(N)cc1. The molecule has 0 radical (unpaired) electrons. The molecule has 4 heteroatoms. The summed E-state index contributed by atoms with van der Waals surface area (Å²) in [5.74, 6) is -0.0536. The van der Waals surface area contributed by atoms with Crippen molar-refractivity contribution in [2.45, 2.75) is 18.6 Å². The standard InChI is InChI=1S/C12H18N2OS/c1-12(2,16-3)8-14-11(15)9-4-6-10(13)7-5-9/h4-7H,8,13H2,1-3H3,(H,14,15). The summed E-state index contributed by atoms with van der Waals surface area (Å²) in [5, 5.41) is 2.91. The Bertz CT molecular complexity index is 360. The van der Waals surface area contributed by atoms with Gasteiger partial charge in [0, 0.05) is 22.5 Å². The minimum atomic E-state index is -0.0536. The van der Waals surface area contributed by atoms with Crippen LogP contribution in [0, 0.1) is 0 Å². The number of nitrogens with two attached hydrogens (primary N) is 1. The van der Waals surface area contributed by atoms with Gasteiger partial charge in [-0.3, -0.25) is 4.79 Å². The van der Waals surface area contributed by atoms with Crippen LogP contribution in [0.2, 0.25) is 0 Å². The molecule has 1 aromatic carbocycles. The zero-order valence-electron chi connectivity index (χ0n) is 9.91. The molecular weight excluding hydrogens is 220 g/mol. The van der Waals surface area contributed by atoms with Gasteiger partial charge in [-0.15, -0.1) is 0 Å². The van der Waals surface area contributed by atoms with Gasteiger partial charge in [0.15, 0.2) is 0 Å². The maximum atomic E-state index is 11.8. The van der Waals surface area contributed by atoms with E-state index in [0.717, 1.165) is 0 Å². The average molecular weight is 238 g/mol. The summed E-state index contributed by atoms with van der Waals surface area (Å²) < 4.78 is 0.0590. The second kappa shape index (κ2) is 5.25. The van der Waals surface area contributed by atoms with Crippen LogP contribution < -0.4 is 11.1 Å². The number of benzene rings is 1. The summed E-state index contributed by atoms with van der Waals surface area (Å²) >= 11 is 1.73. The third-order valence-corrected chi connectivity index (χ3v) is 3.65. The van der Waals surface area contributed by atoms with Crippen LogP contribution in [-0.4, -0.2) is 23.5 Å². The van der Waals surface area contributed by atoms with E-state index in [1.165, 1.54) is 0 Å². The van der Waals surface area contributed by atoms with Crippen molar-refractivity contribution in [2.75, 3.05) is 18.5 Å². The lowest BCUT2D eigenvalue weighted by Crippen LogP contribution is -2.36. The first kappa shape index (κ1) is 12.9. The molecule has 16 heavy (non-hydrogen) atoms. The van der Waals surface area contributed by atoms with E-state index in [-0.39, 0.29) is 10.7 Å². The number of carbonyl (C=O) groups excluding carboxylic acids is 1. The van der Waals surface area contributed by atoms with Gasteiger partial charge in [0.2, 0.25) is 0 Å². The summed E-state index contributed by atoms with van der Waals surface area (Å²) in [7, 11) is 0. The molecule has 0 aliphatic carbocycles. The molecule has 1 aromatic rings. The van der Waals surface area contributed by atoms with Crippen LogP contribution >= 0.6 is 11.8 Å². The number of hydrogen-bond donors (Lipinski definition) is 2. The van der Waals surface area contributed by atoms with Gasteiger partial charge in [0.25, 0.3) is 5.91 Å². The number of nitrogen functional groups attached to an aromatic ring is 1. The molecule has 3 N–H and O–H groups in total. The fourth-order valence-electron chi connectivity index (χ4n) is 1.10. The Hall–Kier alpha value is -1.16. The van der Waals surface area contributed by atoms with E-state index in [1.54, 1.807) is 36.0 Å². The summed E-state index contributed by atoms with van der Waals surface area (Å²) in [6.45, 7) is 4.85. The van der Waals surface area contributed by atoms with Crippen LogP contribution in [0.4, 0.5) is 5.69 Å². The molecule has 88 valence electrons. The quantitative estimate of drug-likeness (QED) is 0.790. The van der Waals surface area contributed by atoms with Gasteiger partial charge >= 0.3 is 0 Å². The molecule has 1 rings (SSSR count). The Morgan fingerprint density at radius 2 is 1.94 bits per heavy atom. The van der Waals surface area contributed by atoms with Crippen molar-refractivity contribution < 1.29 is 4.79 Å². The van der Waals surface area contributed by atoms with Gasteiger partial charge < -0.3 is 11.1 Å². The molecule has 0 aliphatic heterocycles. The number of thioether (sulfide) groups is 1. The Balaban J connectivity index is 2.56. The van der Waals surface area contributed by atoms with E-state index in [4.69, 9.17) is 5.73 Å². The fraction of sp³-hybridized carbons (Fsp3) is 0.417. The first-order valence-corrected chi connectivity index (χ1v) is 6.36. The van der Waals surface area contributed by atoms with Crippen molar-refractivity contribution >= 4 is 23.4 Å². The molecule has 0 heterocycles. The predicted molar refractivity (Wildman–Crippen MR) is 70.8 cm³/mol. The Morgan fingerprint density at radius 1 is 1.38 bits per heavy atom. The summed E-state index contributed by atoms with van der Waals surface area (Å²) in [6.07, 6.45) is 2.04. The number of carbonyl (C=O) groups is 1. The number of hydrogen-bond acceptors (Lipinski definition) is 3. The summed E-state index contributed by atoms with van der Waals surface area (Å²) in [5.41, 5.74) is 6.87. The highest BCUT2D eigenvalue weighted by Crippen LogP contribution is 2.19. The Kier molecular flexibility index (Phi) is 4.24. The highest BCUT2D eigenvalue weighted by Gasteiger charge is 2.17. The van der Waals surface area contributed by atoms with Crippen molar-refractivity contribution in [1.82, 2.24) is 5.32 Å². The lowest BCUT2D eigenvalue weighted by atomic mass is 10.1. The summed E-state index contributed by atoms with van der Waals surface area (Å²) in [6, 6.07) is 6.93. The van der Waals surface area contributed by atoms with Gasteiger partial charge in [0.1, 0.15) is 0 Å². The molecule has 3 nitrogen and oxygen atoms in total. The van der Waals surface area contributed by atoms with Gasteiger partial charge in [-0.05, 0) is 44.4 Å². The van der Waals surface area contributed by atoms with E-state index in [2.05, 4.69) is 19.2 Å². The maximum Gasteiger partial charge on any atom is 0.251 e. The lowest BCUT2D eigenvalue weighted by molar-refractivity contribution is 0.0951. The smallest absolute Gasteiger partial charge is 0.251 e. The van der Waals surface area contributed by atoms with Gasteiger partial charge in [-0.2, -0.15) is 11.8 Å². The number of anilines is 1. The highest BCUT2D eigenvalue weighted by molar-refractivity contribution is 7.99. The van der Waals surface area contributed by atoms with Crippen LogP contribution in [0.1, 0.15) is 24.2 Å². The average Bonchev–Trinajstić information content (AvgIpc) is 2.27. The molecule has 0 fully saturated rings. The van der Waals surface area contributed by atoms with Crippen molar-refractivity contribution in [2.24, 2.45) is 0 Å². The molecule has 0 aromatic heterocycles.